The van der Waals surface area contributed by atoms with Gasteiger partial charge in [-0.15, -0.1) is 0 Å². The van der Waals surface area contributed by atoms with E-state index < -0.39 is 0 Å². The van der Waals surface area contributed by atoms with Gasteiger partial charge in [-0.3, -0.25) is 5.43 Å². The predicted molar refractivity (Wildman–Crippen MR) is 80.1 cm³/mol. The number of phenols is 1. The number of para-hydroxylation sites is 1. The largest absolute Gasteiger partial charge is 0.506 e. The van der Waals surface area contributed by atoms with Gasteiger partial charge in [0.1, 0.15) is 5.75 Å². The third kappa shape index (κ3) is 3.26. The lowest BCUT2D eigenvalue weighted by atomic mass is 10.1. The predicted octanol–water partition coefficient (Wildman–Crippen LogP) is 4.19. The number of anilines is 1. The second-order valence-corrected chi connectivity index (χ2v) is 4.73. The first-order valence-electron chi connectivity index (χ1n) is 5.93. The van der Waals surface area contributed by atoms with Crippen LogP contribution in [0.25, 0.3) is 0 Å². The Morgan fingerprint density at radius 3 is 2.58 bits per heavy atom. The number of aromatic hydroxyl groups is 1. The van der Waals surface area contributed by atoms with Gasteiger partial charge < -0.3 is 5.11 Å². The molecule has 2 aromatic rings. The molecule has 0 fully saturated rings. The normalized spacial score (nSPS) is 11.4. The summed E-state index contributed by atoms with van der Waals surface area (Å²) in [5.41, 5.74) is 6.12. The molecule has 0 aromatic heterocycles. The molecule has 0 amide bonds. The molecule has 2 N–H and O–H groups in total. The van der Waals surface area contributed by atoms with Crippen molar-refractivity contribution in [1.29, 1.82) is 0 Å². The Labute approximate surface area is 117 Å². The SMILES string of the molecule is C/C(=N\Nc1ccccc1)c1cc(C)cc(Cl)c1O. The summed E-state index contributed by atoms with van der Waals surface area (Å²) < 4.78 is 0. The van der Waals surface area contributed by atoms with E-state index in [4.69, 9.17) is 11.6 Å². The fraction of sp³-hybridized carbons (Fsp3) is 0.133. The first-order valence-corrected chi connectivity index (χ1v) is 6.30. The Balaban J connectivity index is 2.27. The molecular formula is C15H15ClN2O. The van der Waals surface area contributed by atoms with E-state index in [1.807, 2.05) is 50.2 Å². The van der Waals surface area contributed by atoms with Crippen LogP contribution in [0, 0.1) is 6.92 Å². The van der Waals surface area contributed by atoms with Crippen molar-refractivity contribution < 1.29 is 5.11 Å². The number of rotatable bonds is 3. The number of phenolic OH excluding ortho intramolecular Hbond substituents is 1. The fourth-order valence-electron chi connectivity index (χ4n) is 1.73. The van der Waals surface area contributed by atoms with Gasteiger partial charge in [0.15, 0.2) is 0 Å². The minimum atomic E-state index is 0.0587. The van der Waals surface area contributed by atoms with E-state index in [0.717, 1.165) is 11.3 Å². The van der Waals surface area contributed by atoms with Gasteiger partial charge in [0.2, 0.25) is 0 Å². The fourth-order valence-corrected chi connectivity index (χ4v) is 2.01. The van der Waals surface area contributed by atoms with Gasteiger partial charge in [0, 0.05) is 5.56 Å². The van der Waals surface area contributed by atoms with E-state index in [1.165, 1.54) is 0 Å². The number of nitrogens with zero attached hydrogens (tertiary/aromatic N) is 1. The van der Waals surface area contributed by atoms with Crippen molar-refractivity contribution in [3.63, 3.8) is 0 Å². The number of hydrazone groups is 1. The number of nitrogens with one attached hydrogen (secondary N) is 1. The van der Waals surface area contributed by atoms with Gasteiger partial charge in [-0.1, -0.05) is 29.8 Å². The first-order chi connectivity index (χ1) is 9.08. The molecule has 2 aromatic carbocycles. The maximum Gasteiger partial charge on any atom is 0.143 e. The van der Waals surface area contributed by atoms with Gasteiger partial charge in [0.25, 0.3) is 0 Å². The lowest BCUT2D eigenvalue weighted by Gasteiger charge is -2.08. The third-order valence-electron chi connectivity index (χ3n) is 2.72. The van der Waals surface area contributed by atoms with Crippen LogP contribution in [0.1, 0.15) is 18.1 Å². The molecule has 0 aliphatic rings. The van der Waals surface area contributed by atoms with Crippen molar-refractivity contribution >= 4 is 23.0 Å². The minimum Gasteiger partial charge on any atom is -0.506 e. The van der Waals surface area contributed by atoms with Crippen LogP contribution in [0.4, 0.5) is 5.69 Å². The second-order valence-electron chi connectivity index (χ2n) is 4.32. The molecule has 19 heavy (non-hydrogen) atoms. The van der Waals surface area contributed by atoms with E-state index in [2.05, 4.69) is 10.5 Å². The van der Waals surface area contributed by atoms with Crippen molar-refractivity contribution in [1.82, 2.24) is 0 Å². The molecule has 0 aliphatic carbocycles. The molecule has 0 unspecified atom stereocenters. The van der Waals surface area contributed by atoms with Gasteiger partial charge in [0.05, 0.1) is 16.4 Å². The smallest absolute Gasteiger partial charge is 0.143 e. The molecule has 2 rings (SSSR count). The summed E-state index contributed by atoms with van der Waals surface area (Å²) in [7, 11) is 0. The van der Waals surface area contributed by atoms with Crippen molar-refractivity contribution in [2.75, 3.05) is 5.43 Å². The van der Waals surface area contributed by atoms with Crippen molar-refractivity contribution in [2.45, 2.75) is 13.8 Å². The quantitative estimate of drug-likeness (QED) is 0.651. The Hall–Kier alpha value is -2.00. The van der Waals surface area contributed by atoms with Crippen LogP contribution in [0.2, 0.25) is 5.02 Å². The summed E-state index contributed by atoms with van der Waals surface area (Å²) in [6.45, 7) is 3.74. The van der Waals surface area contributed by atoms with Crippen LogP contribution in [0.15, 0.2) is 47.6 Å². The lowest BCUT2D eigenvalue weighted by Crippen LogP contribution is -2.01. The van der Waals surface area contributed by atoms with Crippen LogP contribution in [0.3, 0.4) is 0 Å². The Bertz CT molecular complexity index is 609. The summed E-state index contributed by atoms with van der Waals surface area (Å²) in [6.07, 6.45) is 0. The van der Waals surface area contributed by atoms with Crippen molar-refractivity contribution in [3.8, 4) is 5.75 Å². The Morgan fingerprint density at radius 1 is 1.21 bits per heavy atom. The molecule has 3 nitrogen and oxygen atoms in total. The molecule has 98 valence electrons. The third-order valence-corrected chi connectivity index (χ3v) is 3.01. The summed E-state index contributed by atoms with van der Waals surface area (Å²) in [5.74, 6) is 0.0587. The Morgan fingerprint density at radius 2 is 1.89 bits per heavy atom. The zero-order valence-corrected chi connectivity index (χ0v) is 11.6. The highest BCUT2D eigenvalue weighted by Gasteiger charge is 2.09. The maximum absolute atomic E-state index is 9.95. The molecule has 0 atom stereocenters. The number of halogens is 1. The molecule has 0 radical (unpaired) electrons. The molecule has 0 heterocycles. The Kier molecular flexibility index (Phi) is 4.07. The molecule has 0 saturated carbocycles. The summed E-state index contributed by atoms with van der Waals surface area (Å²) in [5, 5.41) is 14.5. The zero-order chi connectivity index (χ0) is 13.8. The van der Waals surface area contributed by atoms with Crippen LogP contribution in [-0.4, -0.2) is 10.8 Å². The average Bonchev–Trinajstić information content (AvgIpc) is 2.41. The molecule has 0 bridgehead atoms. The maximum atomic E-state index is 9.95. The van der Waals surface area contributed by atoms with Crippen LogP contribution in [-0.2, 0) is 0 Å². The highest BCUT2D eigenvalue weighted by molar-refractivity contribution is 6.32. The van der Waals surface area contributed by atoms with E-state index in [1.54, 1.807) is 6.07 Å². The standard InChI is InChI=1S/C15H15ClN2O/c1-10-8-13(15(19)14(16)9-10)11(2)17-18-12-6-4-3-5-7-12/h3-9,18-19H,1-2H3/b17-11+. The van der Waals surface area contributed by atoms with Gasteiger partial charge >= 0.3 is 0 Å². The number of hydrogen-bond acceptors (Lipinski definition) is 3. The van der Waals surface area contributed by atoms with Crippen molar-refractivity contribution in [2.24, 2.45) is 5.10 Å². The van der Waals surface area contributed by atoms with E-state index in [0.29, 0.717) is 16.3 Å². The lowest BCUT2D eigenvalue weighted by molar-refractivity contribution is 0.474. The van der Waals surface area contributed by atoms with Gasteiger partial charge in [-0.2, -0.15) is 5.10 Å². The molecule has 0 aliphatic heterocycles. The highest BCUT2D eigenvalue weighted by Crippen LogP contribution is 2.29. The van der Waals surface area contributed by atoms with E-state index >= 15 is 0 Å². The molecule has 4 heteroatoms. The van der Waals surface area contributed by atoms with Crippen LogP contribution in [0.5, 0.6) is 5.75 Å². The van der Waals surface area contributed by atoms with Crippen LogP contribution >= 0.6 is 11.6 Å². The highest BCUT2D eigenvalue weighted by atomic mass is 35.5. The van der Waals surface area contributed by atoms with Crippen LogP contribution < -0.4 is 5.43 Å². The zero-order valence-electron chi connectivity index (χ0n) is 10.8. The summed E-state index contributed by atoms with van der Waals surface area (Å²) in [4.78, 5) is 0. The average molecular weight is 275 g/mol. The number of aryl methyl sites for hydroxylation is 1. The minimum absolute atomic E-state index is 0.0587. The monoisotopic (exact) mass is 274 g/mol. The molecule has 0 spiro atoms. The molecular weight excluding hydrogens is 260 g/mol. The van der Waals surface area contributed by atoms with Gasteiger partial charge in [-0.25, -0.2) is 0 Å². The van der Waals surface area contributed by atoms with E-state index in [9.17, 15) is 5.11 Å². The summed E-state index contributed by atoms with van der Waals surface area (Å²) in [6, 6.07) is 13.2. The van der Waals surface area contributed by atoms with Crippen molar-refractivity contribution in [3.05, 3.63) is 58.6 Å². The molecule has 0 saturated heterocycles. The van der Waals surface area contributed by atoms with Gasteiger partial charge in [-0.05, 0) is 43.7 Å². The first kappa shape index (κ1) is 13.4. The second kappa shape index (κ2) is 5.76. The summed E-state index contributed by atoms with van der Waals surface area (Å²) >= 11 is 5.95. The number of hydrogen-bond donors (Lipinski definition) is 2. The topological polar surface area (TPSA) is 44.6 Å². The number of benzene rings is 2. The van der Waals surface area contributed by atoms with E-state index in [-0.39, 0.29) is 5.75 Å².